The summed E-state index contributed by atoms with van der Waals surface area (Å²) in [6, 6.07) is 10.4. The van der Waals surface area contributed by atoms with Crippen LogP contribution >= 0.6 is 0 Å². The van der Waals surface area contributed by atoms with Gasteiger partial charge in [0.05, 0.1) is 31.8 Å². The number of fused-ring (bicyclic) bond motifs is 6. The normalized spacial score (nSPS) is 34.2. The van der Waals surface area contributed by atoms with Crippen molar-refractivity contribution in [2.45, 2.75) is 118 Å². The monoisotopic (exact) mass is 1060 g/mol. The molecule has 10 atom stereocenters. The molecular weight excluding hydrogens is 991 g/mol. The van der Waals surface area contributed by atoms with Gasteiger partial charge in [0.1, 0.15) is 17.3 Å². The number of aliphatic hydroxyl groups excluding tert-OH is 1. The number of carbonyl (C=O) groups excluding carboxylic acids is 6. The van der Waals surface area contributed by atoms with Crippen molar-refractivity contribution in [3.63, 3.8) is 0 Å². The predicted molar refractivity (Wildman–Crippen MR) is 279 cm³/mol. The van der Waals surface area contributed by atoms with Crippen molar-refractivity contribution in [1.29, 1.82) is 0 Å². The van der Waals surface area contributed by atoms with E-state index in [-0.39, 0.29) is 36.6 Å². The number of aromatic amines is 1. The van der Waals surface area contributed by atoms with Gasteiger partial charge in [-0.25, -0.2) is 10.2 Å². The molecule has 20 nitrogen and oxygen atoms in total. The quantitative estimate of drug-likeness (QED) is 0.0530. The number of hydrazine groups is 1. The SMILES string of the molecule is CCC1=CCN2CC[C@]34c5cc([C@@]6(C(=O)OC)C[C@H]7CN(CCc8c6[nH]c6ccccc86)C[C@](O)(CC)C7)c(OC)cc5N(C)C3[C@@](O)(C(=O)NNC(=O)OCOC(=O)C3CCC(CN5C(=O)C=CC5=O)CC3)[C@H](O)C1[C@H]24. The van der Waals surface area contributed by atoms with Crippen LogP contribution < -0.4 is 20.5 Å². The molecule has 8 aliphatic rings. The maximum absolute atomic E-state index is 15.5. The standard InChI is InChI=1S/C57H71N7O13/c1-6-34-18-22-63-23-20-55-38-24-39(56(52(70)75-5)27-33-26-54(72,7-2)30-62(28-33)21-19-37-36-10-8-9-11-40(36)58-46(37)56)42(74-4)25-41(38)61(3)50(55)57(73,48(67)45(34)47(55)63)51(69)59-60-53(71)77-31-76-49(68)35-14-12-32(13-15-35)29-64-43(65)16-17-44(64)66/h8-11,16-18,24-25,32-33,35,45,47-48,50,58,67,72-73H,6-7,12-15,19-23,26-31H2,1-5H3,(H,59,69)(H,60,71)/t32?,33-,35?,45?,47-,48+,50?,54-,55+,56-,57+/m0/s1. The number of likely N-dealkylation sites (N-methyl/N-ethyl adjacent to an activating group) is 1. The number of rotatable bonds is 11. The van der Waals surface area contributed by atoms with Gasteiger partial charge in [-0.2, -0.15) is 0 Å². The van der Waals surface area contributed by atoms with E-state index in [4.69, 9.17) is 18.9 Å². The number of H-pyrrole nitrogens is 1. The molecule has 412 valence electrons. The Hall–Kier alpha value is -6.32. The number of amides is 4. The molecule has 6 N–H and O–H groups in total. The number of benzene rings is 2. The Bertz CT molecular complexity index is 2950. The summed E-state index contributed by atoms with van der Waals surface area (Å²) in [6.07, 6.45) is 6.64. The van der Waals surface area contributed by atoms with Gasteiger partial charge in [0.2, 0.25) is 6.79 Å². The van der Waals surface area contributed by atoms with Gasteiger partial charge < -0.3 is 44.2 Å². The van der Waals surface area contributed by atoms with Crippen molar-refractivity contribution >= 4 is 52.3 Å². The average molecular weight is 1060 g/mol. The van der Waals surface area contributed by atoms with Gasteiger partial charge in [-0.15, -0.1) is 0 Å². The molecule has 77 heavy (non-hydrogen) atoms. The van der Waals surface area contributed by atoms with Crippen molar-refractivity contribution in [2.24, 2.45) is 23.7 Å². The number of methoxy groups -OCH3 is 2. The number of anilines is 1. The van der Waals surface area contributed by atoms with Gasteiger partial charge in [0.15, 0.2) is 5.60 Å². The summed E-state index contributed by atoms with van der Waals surface area (Å²) >= 11 is 0. The molecule has 3 unspecified atom stereocenters. The number of ether oxygens (including phenoxy) is 4. The molecule has 2 saturated carbocycles. The molecule has 20 heteroatoms. The highest BCUT2D eigenvalue weighted by Gasteiger charge is 2.76. The Kier molecular flexibility index (Phi) is 13.6. The number of carbonyl (C=O) groups is 6. The van der Waals surface area contributed by atoms with Crippen LogP contribution in [0.4, 0.5) is 10.5 Å². The highest BCUT2D eigenvalue weighted by molar-refractivity contribution is 6.12. The molecule has 1 aromatic heterocycles. The average Bonchev–Trinajstić information content (AvgIpc) is 4.38. The summed E-state index contributed by atoms with van der Waals surface area (Å²) < 4.78 is 22.8. The minimum absolute atomic E-state index is 0.0435. The number of aromatic nitrogens is 1. The molecule has 2 aliphatic carbocycles. The molecule has 2 saturated heterocycles. The van der Waals surface area contributed by atoms with Crippen LogP contribution in [0.1, 0.15) is 94.0 Å². The van der Waals surface area contributed by atoms with Crippen molar-refractivity contribution < 1.29 is 63.0 Å². The molecule has 2 bridgehead atoms. The lowest BCUT2D eigenvalue weighted by Crippen LogP contribution is -2.79. The number of esters is 2. The fraction of sp³-hybridized carbons (Fsp3) is 0.579. The Morgan fingerprint density at radius 3 is 2.39 bits per heavy atom. The molecule has 4 fully saturated rings. The number of nitrogens with zero attached hydrogens (tertiary/aromatic N) is 4. The van der Waals surface area contributed by atoms with Crippen LogP contribution in [0.2, 0.25) is 0 Å². The third-order valence-electron chi connectivity index (χ3n) is 19.2. The second-order valence-electron chi connectivity index (χ2n) is 22.9. The third kappa shape index (κ3) is 8.25. The molecule has 1 spiro atoms. The van der Waals surface area contributed by atoms with Crippen LogP contribution in [-0.2, 0) is 55.4 Å². The maximum atomic E-state index is 15.5. The van der Waals surface area contributed by atoms with Gasteiger partial charge in [-0.1, -0.05) is 43.7 Å². The van der Waals surface area contributed by atoms with Crippen molar-refractivity contribution in [3.8, 4) is 5.75 Å². The number of nitrogens with one attached hydrogen (secondary N) is 3. The first-order valence-electron chi connectivity index (χ1n) is 27.3. The minimum atomic E-state index is -2.59. The molecule has 6 aliphatic heterocycles. The Morgan fingerprint density at radius 1 is 0.922 bits per heavy atom. The van der Waals surface area contributed by atoms with Gasteiger partial charge in [-0.05, 0) is 106 Å². The molecule has 3 aromatic rings. The first kappa shape index (κ1) is 52.7. The first-order valence-corrected chi connectivity index (χ1v) is 27.3. The zero-order chi connectivity index (χ0) is 54.3. The molecule has 4 amide bonds. The molecule has 0 radical (unpaired) electrons. The fourth-order valence-corrected chi connectivity index (χ4v) is 15.7. The lowest BCUT2D eigenvalue weighted by atomic mass is 9.52. The van der Waals surface area contributed by atoms with Crippen LogP contribution in [-0.4, -0.2) is 167 Å². The highest BCUT2D eigenvalue weighted by atomic mass is 16.7. The number of hydrogen-bond acceptors (Lipinski definition) is 16. The highest BCUT2D eigenvalue weighted by Crippen LogP contribution is 2.65. The Morgan fingerprint density at radius 2 is 1.68 bits per heavy atom. The van der Waals surface area contributed by atoms with Crippen molar-refractivity contribution in [2.75, 3.05) is 72.2 Å². The van der Waals surface area contributed by atoms with E-state index in [1.165, 1.54) is 24.2 Å². The van der Waals surface area contributed by atoms with E-state index in [9.17, 15) is 34.5 Å². The van der Waals surface area contributed by atoms with Crippen LogP contribution in [0.15, 0.2) is 60.2 Å². The summed E-state index contributed by atoms with van der Waals surface area (Å²) in [5.74, 6) is -3.83. The first-order chi connectivity index (χ1) is 37.0. The topological polar surface area (TPSA) is 253 Å². The summed E-state index contributed by atoms with van der Waals surface area (Å²) in [5, 5.41) is 39.2. The predicted octanol–water partition coefficient (Wildman–Crippen LogP) is 3.24. The lowest BCUT2D eigenvalue weighted by molar-refractivity contribution is -0.184. The van der Waals surface area contributed by atoms with Gasteiger partial charge >= 0.3 is 18.0 Å². The summed E-state index contributed by atoms with van der Waals surface area (Å²) in [4.78, 5) is 92.2. The van der Waals surface area contributed by atoms with Crippen LogP contribution in [0.5, 0.6) is 5.75 Å². The van der Waals surface area contributed by atoms with E-state index < -0.39 is 82.8 Å². The van der Waals surface area contributed by atoms with E-state index in [1.807, 2.05) is 49.1 Å². The Balaban J connectivity index is 0.914. The van der Waals surface area contributed by atoms with Crippen molar-refractivity contribution in [3.05, 3.63) is 82.6 Å². The zero-order valence-corrected chi connectivity index (χ0v) is 44.5. The number of piperidine rings is 1. The maximum Gasteiger partial charge on any atom is 0.428 e. The van der Waals surface area contributed by atoms with E-state index in [0.29, 0.717) is 113 Å². The van der Waals surface area contributed by atoms with E-state index >= 15 is 9.59 Å². The summed E-state index contributed by atoms with van der Waals surface area (Å²) in [7, 11) is 4.72. The van der Waals surface area contributed by atoms with E-state index in [1.54, 1.807) is 14.2 Å². The van der Waals surface area contributed by atoms with Crippen LogP contribution in [0.25, 0.3) is 10.9 Å². The molecule has 2 aromatic carbocycles. The van der Waals surface area contributed by atoms with Gasteiger partial charge in [0, 0.05) is 103 Å². The van der Waals surface area contributed by atoms with Crippen LogP contribution in [0, 0.1) is 23.7 Å². The zero-order valence-electron chi connectivity index (χ0n) is 44.5. The molecule has 7 heterocycles. The lowest BCUT2D eigenvalue weighted by Gasteiger charge is -2.59. The second kappa shape index (κ2) is 19.8. The fourth-order valence-electron chi connectivity index (χ4n) is 15.7. The molecule has 11 rings (SSSR count). The Labute approximate surface area is 447 Å². The second-order valence-corrected chi connectivity index (χ2v) is 22.9. The number of imide groups is 1. The minimum Gasteiger partial charge on any atom is -0.496 e. The smallest absolute Gasteiger partial charge is 0.428 e. The summed E-state index contributed by atoms with van der Waals surface area (Å²) in [6.45, 7) is 6.47. The van der Waals surface area contributed by atoms with E-state index in [0.717, 1.165) is 27.6 Å². The summed E-state index contributed by atoms with van der Waals surface area (Å²) in [5.41, 5.74) is 3.74. The number of aliphatic hydroxyl groups is 3. The van der Waals surface area contributed by atoms with Crippen LogP contribution in [0.3, 0.4) is 0 Å². The van der Waals surface area contributed by atoms with E-state index in [2.05, 4.69) is 37.8 Å². The number of hydrogen-bond donors (Lipinski definition) is 6. The largest absolute Gasteiger partial charge is 0.496 e. The number of para-hydroxylation sites is 1. The van der Waals surface area contributed by atoms with Gasteiger partial charge in [0.25, 0.3) is 17.7 Å². The van der Waals surface area contributed by atoms with Crippen molar-refractivity contribution in [1.82, 2.24) is 30.5 Å². The van der Waals surface area contributed by atoms with Gasteiger partial charge in [-0.3, -0.25) is 44.1 Å². The third-order valence-corrected chi connectivity index (χ3v) is 19.2. The molecular formula is C57H71N7O13.